The van der Waals surface area contributed by atoms with Crippen LogP contribution in [0, 0.1) is 0 Å². The summed E-state index contributed by atoms with van der Waals surface area (Å²) >= 11 is 1.19. The largest absolute Gasteiger partial charge is 0.417 e. The number of carbonyl (C=O) groups is 1. The SMILES string of the molecule is Cl.O=C(N1CCNCC1)N1CCSc2c(cccc2C(F)(F)F)C1. The molecule has 3 rings (SSSR count). The second-order valence-electron chi connectivity index (χ2n) is 5.58. The predicted molar refractivity (Wildman–Crippen MR) is 89.7 cm³/mol. The Labute approximate surface area is 149 Å². The summed E-state index contributed by atoms with van der Waals surface area (Å²) in [5, 5.41) is 3.18. The van der Waals surface area contributed by atoms with Gasteiger partial charge < -0.3 is 15.1 Å². The highest BCUT2D eigenvalue weighted by molar-refractivity contribution is 7.99. The average molecular weight is 382 g/mol. The van der Waals surface area contributed by atoms with E-state index in [1.54, 1.807) is 15.9 Å². The number of nitrogens with zero attached hydrogens (tertiary/aromatic N) is 2. The number of rotatable bonds is 0. The van der Waals surface area contributed by atoms with Crippen molar-refractivity contribution in [3.05, 3.63) is 29.3 Å². The molecule has 0 bridgehead atoms. The lowest BCUT2D eigenvalue weighted by atomic mass is 10.1. The zero-order chi connectivity index (χ0) is 16.4. The lowest BCUT2D eigenvalue weighted by molar-refractivity contribution is -0.139. The Kier molecular flexibility index (Phi) is 6.28. The maximum atomic E-state index is 13.1. The van der Waals surface area contributed by atoms with Gasteiger partial charge in [0.1, 0.15) is 0 Å². The first-order chi connectivity index (χ1) is 11.0. The Bertz CT molecular complexity index is 594. The van der Waals surface area contributed by atoms with Crippen LogP contribution in [0.5, 0.6) is 0 Å². The van der Waals surface area contributed by atoms with Gasteiger partial charge in [-0.1, -0.05) is 12.1 Å². The van der Waals surface area contributed by atoms with E-state index in [2.05, 4.69) is 5.32 Å². The van der Waals surface area contributed by atoms with Gasteiger partial charge in [0, 0.05) is 49.9 Å². The van der Waals surface area contributed by atoms with Gasteiger partial charge in [-0.05, 0) is 11.6 Å². The third kappa shape index (κ3) is 4.10. The molecule has 134 valence electrons. The van der Waals surface area contributed by atoms with Gasteiger partial charge in [-0.3, -0.25) is 0 Å². The van der Waals surface area contributed by atoms with E-state index < -0.39 is 11.7 Å². The van der Waals surface area contributed by atoms with Gasteiger partial charge in [0.2, 0.25) is 0 Å². The number of fused-ring (bicyclic) bond motifs is 1. The van der Waals surface area contributed by atoms with E-state index in [4.69, 9.17) is 0 Å². The number of urea groups is 1. The fraction of sp³-hybridized carbons (Fsp3) is 0.533. The molecule has 2 aliphatic rings. The number of carbonyl (C=O) groups excluding carboxylic acids is 1. The Balaban J connectivity index is 0.00000208. The summed E-state index contributed by atoms with van der Waals surface area (Å²) in [6.07, 6.45) is -4.37. The highest BCUT2D eigenvalue weighted by Crippen LogP contribution is 2.40. The molecule has 1 aromatic carbocycles. The monoisotopic (exact) mass is 381 g/mol. The number of amides is 2. The van der Waals surface area contributed by atoms with Crippen LogP contribution in [0.4, 0.5) is 18.0 Å². The Morgan fingerprint density at radius 3 is 2.50 bits per heavy atom. The van der Waals surface area contributed by atoms with Gasteiger partial charge in [-0.2, -0.15) is 13.2 Å². The molecule has 0 spiro atoms. The molecule has 2 amide bonds. The molecule has 4 nitrogen and oxygen atoms in total. The van der Waals surface area contributed by atoms with Crippen LogP contribution >= 0.6 is 24.2 Å². The van der Waals surface area contributed by atoms with Crippen LogP contribution in [0.2, 0.25) is 0 Å². The minimum absolute atomic E-state index is 0. The number of alkyl halides is 3. The van der Waals surface area contributed by atoms with Gasteiger partial charge in [0.25, 0.3) is 0 Å². The molecule has 2 heterocycles. The molecule has 0 atom stereocenters. The number of hydrogen-bond acceptors (Lipinski definition) is 3. The zero-order valence-corrected chi connectivity index (χ0v) is 14.6. The van der Waals surface area contributed by atoms with Crippen molar-refractivity contribution in [3.8, 4) is 0 Å². The highest BCUT2D eigenvalue weighted by atomic mass is 35.5. The molecule has 1 N–H and O–H groups in total. The van der Waals surface area contributed by atoms with Crippen LogP contribution < -0.4 is 5.32 Å². The van der Waals surface area contributed by atoms with Crippen molar-refractivity contribution in [2.75, 3.05) is 38.5 Å². The highest BCUT2D eigenvalue weighted by Gasteiger charge is 2.35. The van der Waals surface area contributed by atoms with E-state index in [0.29, 0.717) is 31.0 Å². The second kappa shape index (κ2) is 7.84. The topological polar surface area (TPSA) is 35.6 Å². The van der Waals surface area contributed by atoms with E-state index in [9.17, 15) is 18.0 Å². The molecular weight excluding hydrogens is 363 g/mol. The van der Waals surface area contributed by atoms with Crippen molar-refractivity contribution in [1.82, 2.24) is 15.1 Å². The van der Waals surface area contributed by atoms with E-state index in [-0.39, 0.29) is 29.9 Å². The van der Waals surface area contributed by atoms with Crippen molar-refractivity contribution < 1.29 is 18.0 Å². The number of thioether (sulfide) groups is 1. The smallest absolute Gasteiger partial charge is 0.322 e. The first kappa shape index (κ1) is 19.2. The molecule has 1 saturated heterocycles. The minimum Gasteiger partial charge on any atom is -0.322 e. The van der Waals surface area contributed by atoms with Crippen molar-refractivity contribution in [1.29, 1.82) is 0 Å². The zero-order valence-electron chi connectivity index (χ0n) is 12.9. The molecule has 0 unspecified atom stereocenters. The summed E-state index contributed by atoms with van der Waals surface area (Å²) in [5.41, 5.74) is -0.0257. The summed E-state index contributed by atoms with van der Waals surface area (Å²) in [6.45, 7) is 3.47. The minimum atomic E-state index is -4.37. The quantitative estimate of drug-likeness (QED) is 0.750. The van der Waals surface area contributed by atoms with Crippen LogP contribution in [-0.2, 0) is 12.7 Å². The van der Waals surface area contributed by atoms with Gasteiger partial charge in [0.05, 0.1) is 5.56 Å². The maximum Gasteiger partial charge on any atom is 0.417 e. The van der Waals surface area contributed by atoms with Gasteiger partial charge in [0.15, 0.2) is 0 Å². The lowest BCUT2D eigenvalue weighted by Gasteiger charge is -2.32. The van der Waals surface area contributed by atoms with Gasteiger partial charge in [-0.25, -0.2) is 4.79 Å². The van der Waals surface area contributed by atoms with E-state index in [1.807, 2.05) is 0 Å². The molecule has 0 radical (unpaired) electrons. The first-order valence-electron chi connectivity index (χ1n) is 7.53. The van der Waals surface area contributed by atoms with Crippen molar-refractivity contribution in [2.45, 2.75) is 17.6 Å². The Morgan fingerprint density at radius 2 is 1.83 bits per heavy atom. The maximum absolute atomic E-state index is 13.1. The van der Waals surface area contributed by atoms with Crippen LogP contribution in [0.25, 0.3) is 0 Å². The average Bonchev–Trinajstić information content (AvgIpc) is 2.76. The third-order valence-corrected chi connectivity index (χ3v) is 5.19. The van der Waals surface area contributed by atoms with Crippen molar-refractivity contribution in [3.63, 3.8) is 0 Å². The molecule has 2 aliphatic heterocycles. The number of nitrogens with one attached hydrogen (secondary N) is 1. The van der Waals surface area contributed by atoms with Crippen LogP contribution in [-0.4, -0.2) is 54.3 Å². The summed E-state index contributed by atoms with van der Waals surface area (Å²) in [5.74, 6) is 0.470. The molecule has 0 aromatic heterocycles. The summed E-state index contributed by atoms with van der Waals surface area (Å²) in [7, 11) is 0. The van der Waals surface area contributed by atoms with Crippen LogP contribution in [0.1, 0.15) is 11.1 Å². The molecular formula is C15H19ClF3N3OS. The summed E-state index contributed by atoms with van der Waals surface area (Å²) in [4.78, 5) is 16.3. The fourth-order valence-electron chi connectivity index (χ4n) is 2.86. The Morgan fingerprint density at radius 1 is 1.12 bits per heavy atom. The van der Waals surface area contributed by atoms with Gasteiger partial charge >= 0.3 is 12.2 Å². The number of benzene rings is 1. The third-order valence-electron chi connectivity index (χ3n) is 4.03. The number of piperazine rings is 1. The van der Waals surface area contributed by atoms with Crippen molar-refractivity contribution in [2.24, 2.45) is 0 Å². The number of halogens is 4. The lowest BCUT2D eigenvalue weighted by Crippen LogP contribution is -2.51. The Hall–Kier alpha value is -1.12. The van der Waals surface area contributed by atoms with Gasteiger partial charge in [-0.15, -0.1) is 24.2 Å². The summed E-state index contributed by atoms with van der Waals surface area (Å²) in [6, 6.07) is 4.12. The molecule has 1 aromatic rings. The normalized spacial score (nSPS) is 18.5. The molecule has 1 fully saturated rings. The molecule has 9 heteroatoms. The molecule has 0 saturated carbocycles. The standard InChI is InChI=1S/C15H18F3N3OS.ClH/c16-15(17,18)12-3-1-2-11-10-21(8-9-23-13(11)12)14(22)20-6-4-19-5-7-20;/h1-3,19H,4-10H2;1H. The van der Waals surface area contributed by atoms with Crippen molar-refractivity contribution >= 4 is 30.2 Å². The number of hydrogen-bond donors (Lipinski definition) is 1. The van der Waals surface area contributed by atoms with Crippen LogP contribution in [0.15, 0.2) is 23.1 Å². The summed E-state index contributed by atoms with van der Waals surface area (Å²) < 4.78 is 39.4. The van der Waals surface area contributed by atoms with E-state index in [0.717, 1.165) is 19.2 Å². The molecule has 24 heavy (non-hydrogen) atoms. The second-order valence-corrected chi connectivity index (χ2v) is 6.69. The predicted octanol–water partition coefficient (Wildman–Crippen LogP) is 3.06. The van der Waals surface area contributed by atoms with E-state index >= 15 is 0 Å². The van der Waals surface area contributed by atoms with Crippen LogP contribution in [0.3, 0.4) is 0 Å². The van der Waals surface area contributed by atoms with E-state index in [1.165, 1.54) is 17.8 Å². The first-order valence-corrected chi connectivity index (χ1v) is 8.52. The fourth-order valence-corrected chi connectivity index (χ4v) is 4.04. The molecule has 0 aliphatic carbocycles.